The molecule has 4 heteroatoms. The summed E-state index contributed by atoms with van der Waals surface area (Å²) in [6, 6.07) is 10.2. The predicted octanol–water partition coefficient (Wildman–Crippen LogP) is 4.78. The highest BCUT2D eigenvalue weighted by molar-refractivity contribution is 5.82. The lowest BCUT2D eigenvalue weighted by atomic mass is 10.0. The Balaban J connectivity index is 1.67. The van der Waals surface area contributed by atoms with Gasteiger partial charge in [-0.2, -0.15) is 0 Å². The average molecular weight is 338 g/mol. The van der Waals surface area contributed by atoms with E-state index in [4.69, 9.17) is 9.40 Å². The number of hydrogen-bond acceptors (Lipinski definition) is 3. The van der Waals surface area contributed by atoms with Crippen LogP contribution in [0.3, 0.4) is 0 Å². The van der Waals surface area contributed by atoms with Crippen molar-refractivity contribution in [2.45, 2.75) is 52.0 Å². The second-order valence-corrected chi connectivity index (χ2v) is 7.79. The molecule has 1 aromatic heterocycles. The van der Waals surface area contributed by atoms with Crippen LogP contribution in [0, 0.1) is 11.8 Å². The number of oxazole rings is 1. The lowest BCUT2D eigenvalue weighted by molar-refractivity contribution is -0.134. The number of amides is 1. The highest BCUT2D eigenvalue weighted by Crippen LogP contribution is 2.44. The topological polar surface area (TPSA) is 46.3 Å². The monoisotopic (exact) mass is 338 g/mol. The molecule has 0 N–H and O–H groups in total. The van der Waals surface area contributed by atoms with Gasteiger partial charge in [-0.3, -0.25) is 4.79 Å². The van der Waals surface area contributed by atoms with Gasteiger partial charge in [-0.05, 0) is 25.2 Å². The molecular formula is C21H26N2O2. The van der Waals surface area contributed by atoms with E-state index in [9.17, 15) is 4.79 Å². The highest BCUT2D eigenvalue weighted by Gasteiger charge is 2.45. The van der Waals surface area contributed by atoms with E-state index in [1.165, 1.54) is 0 Å². The Labute approximate surface area is 149 Å². The van der Waals surface area contributed by atoms with Gasteiger partial charge in [-0.1, -0.05) is 51.1 Å². The maximum absolute atomic E-state index is 12.8. The summed E-state index contributed by atoms with van der Waals surface area (Å²) in [4.78, 5) is 19.6. The summed E-state index contributed by atoms with van der Waals surface area (Å²) in [6.45, 7) is 7.23. The zero-order valence-electron chi connectivity index (χ0n) is 15.2. The van der Waals surface area contributed by atoms with Gasteiger partial charge in [0.2, 0.25) is 11.8 Å². The predicted molar refractivity (Wildman–Crippen MR) is 97.0 cm³/mol. The summed E-state index contributed by atoms with van der Waals surface area (Å²) in [6.07, 6.45) is 3.00. The first-order valence-electron chi connectivity index (χ1n) is 9.42. The number of carbonyl (C=O) groups is 1. The Kier molecular flexibility index (Phi) is 4.14. The number of rotatable bonds is 4. The Morgan fingerprint density at radius 3 is 2.64 bits per heavy atom. The molecule has 1 saturated heterocycles. The molecule has 2 fully saturated rings. The first-order chi connectivity index (χ1) is 12.1. The fourth-order valence-electron chi connectivity index (χ4n) is 3.85. The largest absolute Gasteiger partial charge is 0.442 e. The number of benzene rings is 1. The van der Waals surface area contributed by atoms with Gasteiger partial charge in [0.15, 0.2) is 0 Å². The summed E-state index contributed by atoms with van der Waals surface area (Å²) in [5.74, 6) is 2.92. The average Bonchev–Trinajstić information content (AvgIpc) is 3.05. The molecule has 0 unspecified atom stereocenters. The second kappa shape index (κ2) is 6.32. The van der Waals surface area contributed by atoms with E-state index in [-0.39, 0.29) is 17.9 Å². The minimum Gasteiger partial charge on any atom is -0.442 e. The van der Waals surface area contributed by atoms with E-state index in [2.05, 4.69) is 32.9 Å². The molecule has 1 aromatic carbocycles. The number of aromatic nitrogens is 1. The van der Waals surface area contributed by atoms with Crippen LogP contribution < -0.4 is 0 Å². The van der Waals surface area contributed by atoms with Crippen molar-refractivity contribution in [3.8, 4) is 11.3 Å². The van der Waals surface area contributed by atoms with Crippen molar-refractivity contribution in [2.24, 2.45) is 11.8 Å². The molecule has 0 spiro atoms. The van der Waals surface area contributed by atoms with Crippen molar-refractivity contribution in [1.29, 1.82) is 0 Å². The first-order valence-corrected chi connectivity index (χ1v) is 9.42. The van der Waals surface area contributed by atoms with Gasteiger partial charge in [0.1, 0.15) is 17.5 Å². The van der Waals surface area contributed by atoms with Crippen LogP contribution in [0.5, 0.6) is 0 Å². The minimum atomic E-state index is -0.00439. The number of likely N-dealkylation sites (tertiary alicyclic amines) is 1. The van der Waals surface area contributed by atoms with Crippen molar-refractivity contribution in [2.75, 3.05) is 6.54 Å². The quantitative estimate of drug-likeness (QED) is 0.805. The third-order valence-electron chi connectivity index (χ3n) is 5.49. The molecule has 0 radical (unpaired) electrons. The first kappa shape index (κ1) is 16.4. The van der Waals surface area contributed by atoms with Gasteiger partial charge < -0.3 is 9.32 Å². The molecule has 0 bridgehead atoms. The number of nitrogens with zero attached hydrogens (tertiary/aromatic N) is 2. The van der Waals surface area contributed by atoms with Gasteiger partial charge in [0, 0.05) is 23.9 Å². The molecule has 1 saturated carbocycles. The Morgan fingerprint density at radius 2 is 2.00 bits per heavy atom. The molecule has 4 rings (SSSR count). The van der Waals surface area contributed by atoms with Crippen molar-refractivity contribution in [1.82, 2.24) is 9.88 Å². The van der Waals surface area contributed by atoms with Crippen molar-refractivity contribution in [3.05, 3.63) is 42.0 Å². The molecule has 132 valence electrons. The summed E-state index contributed by atoms with van der Waals surface area (Å²) >= 11 is 0. The molecule has 4 nitrogen and oxygen atoms in total. The highest BCUT2D eigenvalue weighted by atomic mass is 16.4. The van der Waals surface area contributed by atoms with Crippen molar-refractivity contribution >= 4 is 5.91 Å². The van der Waals surface area contributed by atoms with E-state index in [1.54, 1.807) is 0 Å². The molecular weight excluding hydrogens is 312 g/mol. The van der Waals surface area contributed by atoms with Crippen LogP contribution in [-0.4, -0.2) is 22.3 Å². The van der Waals surface area contributed by atoms with Gasteiger partial charge in [0.25, 0.3) is 0 Å². The van der Waals surface area contributed by atoms with Crippen molar-refractivity contribution in [3.63, 3.8) is 0 Å². The van der Waals surface area contributed by atoms with Gasteiger partial charge in [-0.15, -0.1) is 0 Å². The normalized spacial score (nSPS) is 25.6. The third-order valence-corrected chi connectivity index (χ3v) is 5.49. The van der Waals surface area contributed by atoms with Crippen LogP contribution in [0.2, 0.25) is 0 Å². The van der Waals surface area contributed by atoms with E-state index in [1.807, 2.05) is 23.1 Å². The molecule has 1 amide bonds. The second-order valence-electron chi connectivity index (χ2n) is 7.79. The molecule has 1 aliphatic carbocycles. The lowest BCUT2D eigenvalue weighted by Gasteiger charge is -2.22. The maximum atomic E-state index is 12.8. The number of carbonyl (C=O) groups excluding carboxylic acids is 1. The van der Waals surface area contributed by atoms with Crippen LogP contribution in [0.1, 0.15) is 63.6 Å². The third kappa shape index (κ3) is 2.99. The molecule has 2 aliphatic rings. The maximum Gasteiger partial charge on any atom is 0.226 e. The molecule has 25 heavy (non-hydrogen) atoms. The van der Waals surface area contributed by atoms with Crippen molar-refractivity contribution < 1.29 is 9.21 Å². The van der Waals surface area contributed by atoms with Crippen LogP contribution >= 0.6 is 0 Å². The Bertz CT molecular complexity index is 765. The molecule has 2 aromatic rings. The van der Waals surface area contributed by atoms with Crippen LogP contribution in [0.4, 0.5) is 0 Å². The van der Waals surface area contributed by atoms with E-state index < -0.39 is 0 Å². The summed E-state index contributed by atoms with van der Waals surface area (Å²) in [5, 5.41) is 0. The summed E-state index contributed by atoms with van der Waals surface area (Å²) in [5.41, 5.74) is 2.00. The molecule has 1 aliphatic heterocycles. The minimum absolute atomic E-state index is 0.00439. The van der Waals surface area contributed by atoms with Gasteiger partial charge in [0.05, 0.1) is 0 Å². The van der Waals surface area contributed by atoms with Crippen LogP contribution in [0.25, 0.3) is 11.3 Å². The van der Waals surface area contributed by atoms with E-state index in [0.717, 1.165) is 42.8 Å². The Hall–Kier alpha value is -2.10. The zero-order chi connectivity index (χ0) is 17.6. The van der Waals surface area contributed by atoms with Crippen LogP contribution in [-0.2, 0) is 4.79 Å². The van der Waals surface area contributed by atoms with Gasteiger partial charge >= 0.3 is 0 Å². The molecule has 2 heterocycles. The lowest BCUT2D eigenvalue weighted by Crippen LogP contribution is -2.32. The Morgan fingerprint density at radius 1 is 1.28 bits per heavy atom. The smallest absolute Gasteiger partial charge is 0.226 e. The van der Waals surface area contributed by atoms with Gasteiger partial charge in [-0.25, -0.2) is 4.98 Å². The fourth-order valence-corrected chi connectivity index (χ4v) is 3.85. The zero-order valence-corrected chi connectivity index (χ0v) is 15.2. The molecule has 3 atom stereocenters. The SMILES string of the molecule is CC(C)c1oc([C@@H]2CCCN2C(=O)[C@H]2C[C@@H]2C)nc1-c1ccccc1. The fraction of sp³-hybridized carbons (Fsp3) is 0.524. The van der Waals surface area contributed by atoms with E-state index in [0.29, 0.717) is 17.7 Å². The standard InChI is InChI=1S/C21H26N2O2/c1-13(2)19-18(15-8-5-4-6-9-15)22-20(25-19)17-10-7-11-23(17)21(24)16-12-14(16)3/h4-6,8-9,13-14,16-17H,7,10-12H2,1-3H3/t14-,16-,17-/m0/s1. The number of hydrogen-bond donors (Lipinski definition) is 0. The summed E-state index contributed by atoms with van der Waals surface area (Å²) in [7, 11) is 0. The van der Waals surface area contributed by atoms with Crippen LogP contribution in [0.15, 0.2) is 34.7 Å². The van der Waals surface area contributed by atoms with E-state index >= 15 is 0 Å². The summed E-state index contributed by atoms with van der Waals surface area (Å²) < 4.78 is 6.22.